The van der Waals surface area contributed by atoms with Gasteiger partial charge in [-0.25, -0.2) is 8.42 Å². The van der Waals surface area contributed by atoms with Gasteiger partial charge in [-0.05, 0) is 30.0 Å². The molecule has 0 aromatic heterocycles. The molecule has 1 atom stereocenters. The van der Waals surface area contributed by atoms with E-state index < -0.39 is 9.84 Å². The molecule has 120 valence electrons. The number of sulfone groups is 1. The lowest BCUT2D eigenvalue weighted by atomic mass is 9.87. The van der Waals surface area contributed by atoms with Gasteiger partial charge in [0.05, 0.1) is 18.6 Å². The van der Waals surface area contributed by atoms with Crippen LogP contribution in [0.5, 0.6) is 5.75 Å². The van der Waals surface area contributed by atoms with Gasteiger partial charge in [-0.3, -0.25) is 0 Å². The first-order valence-corrected chi connectivity index (χ1v) is 9.06. The topological polar surface area (TPSA) is 55.4 Å². The molecule has 0 aliphatic carbocycles. The van der Waals surface area contributed by atoms with E-state index in [1.54, 1.807) is 14.0 Å². The van der Waals surface area contributed by atoms with E-state index in [0.717, 1.165) is 11.4 Å². The largest absolute Gasteiger partial charge is 0.495 e. The summed E-state index contributed by atoms with van der Waals surface area (Å²) in [7, 11) is -1.38. The fraction of sp³-hybridized carbons (Fsp3) is 0.625. The van der Waals surface area contributed by atoms with Gasteiger partial charge in [0.15, 0.2) is 9.84 Å². The van der Waals surface area contributed by atoms with E-state index in [1.807, 2.05) is 25.1 Å². The zero-order chi connectivity index (χ0) is 16.3. The van der Waals surface area contributed by atoms with E-state index in [-0.39, 0.29) is 23.0 Å². The van der Waals surface area contributed by atoms with Crippen LogP contribution in [-0.2, 0) is 15.3 Å². The number of benzene rings is 1. The van der Waals surface area contributed by atoms with Crippen LogP contribution in [0.3, 0.4) is 0 Å². The van der Waals surface area contributed by atoms with E-state index in [1.165, 1.54) is 5.56 Å². The molecule has 0 spiro atoms. The number of anilines is 1. The van der Waals surface area contributed by atoms with Gasteiger partial charge in [0, 0.05) is 11.8 Å². The summed E-state index contributed by atoms with van der Waals surface area (Å²) in [6.07, 6.45) is 0. The molecule has 0 saturated carbocycles. The predicted molar refractivity (Wildman–Crippen MR) is 89.1 cm³/mol. The Balaban J connectivity index is 3.00. The van der Waals surface area contributed by atoms with E-state index >= 15 is 0 Å². The fourth-order valence-electron chi connectivity index (χ4n) is 2.09. The number of methoxy groups -OCH3 is 1. The van der Waals surface area contributed by atoms with Gasteiger partial charge in [0.1, 0.15) is 5.75 Å². The van der Waals surface area contributed by atoms with Gasteiger partial charge in [-0.2, -0.15) is 0 Å². The monoisotopic (exact) mass is 313 g/mol. The summed E-state index contributed by atoms with van der Waals surface area (Å²) in [5.74, 6) is 1.01. The van der Waals surface area contributed by atoms with Crippen LogP contribution < -0.4 is 10.1 Å². The van der Waals surface area contributed by atoms with Crippen molar-refractivity contribution in [3.8, 4) is 5.75 Å². The summed E-state index contributed by atoms with van der Waals surface area (Å²) in [4.78, 5) is 0. The summed E-state index contributed by atoms with van der Waals surface area (Å²) < 4.78 is 28.8. The van der Waals surface area contributed by atoms with Crippen LogP contribution in [0.1, 0.15) is 40.2 Å². The second-order valence-corrected chi connectivity index (χ2v) is 8.81. The minimum Gasteiger partial charge on any atom is -0.495 e. The number of hydrogen-bond acceptors (Lipinski definition) is 4. The Kier molecular flexibility index (Phi) is 5.68. The Hall–Kier alpha value is -1.23. The average Bonchev–Trinajstić information content (AvgIpc) is 2.36. The third kappa shape index (κ3) is 5.23. The van der Waals surface area contributed by atoms with Crippen LogP contribution >= 0.6 is 0 Å². The summed E-state index contributed by atoms with van der Waals surface area (Å²) in [6, 6.07) is 5.83. The molecule has 0 fully saturated rings. The first-order valence-electron chi connectivity index (χ1n) is 7.24. The maximum Gasteiger partial charge on any atom is 0.152 e. The second-order valence-electron chi connectivity index (χ2n) is 6.41. The molecule has 1 aromatic carbocycles. The molecule has 4 nitrogen and oxygen atoms in total. The molecular formula is C16H27NO3S. The normalized spacial score (nSPS) is 13.8. The van der Waals surface area contributed by atoms with Crippen molar-refractivity contribution in [2.75, 3.05) is 23.9 Å². The van der Waals surface area contributed by atoms with E-state index in [9.17, 15) is 8.42 Å². The van der Waals surface area contributed by atoms with Crippen molar-refractivity contribution in [2.24, 2.45) is 0 Å². The molecule has 0 heterocycles. The zero-order valence-corrected chi connectivity index (χ0v) is 14.7. The molecular weight excluding hydrogens is 286 g/mol. The molecule has 1 aromatic rings. The van der Waals surface area contributed by atoms with Gasteiger partial charge in [-0.15, -0.1) is 0 Å². The number of nitrogens with one attached hydrogen (secondary N) is 1. The second kappa shape index (κ2) is 6.69. The van der Waals surface area contributed by atoms with Crippen LogP contribution in [-0.4, -0.2) is 33.1 Å². The standard InChI is InChI=1S/C16H27NO3S/c1-7-21(18,19)11-12(2)17-14-10-13(16(3,4)5)8-9-15(14)20-6/h8-10,12,17H,7,11H2,1-6H3. The molecule has 1 N–H and O–H groups in total. The van der Waals surface area contributed by atoms with Crippen molar-refractivity contribution in [3.05, 3.63) is 23.8 Å². The third-order valence-electron chi connectivity index (χ3n) is 3.41. The highest BCUT2D eigenvalue weighted by Crippen LogP contribution is 2.31. The van der Waals surface area contributed by atoms with Crippen LogP contribution in [0.25, 0.3) is 0 Å². The molecule has 1 unspecified atom stereocenters. The van der Waals surface area contributed by atoms with Gasteiger partial charge in [0.25, 0.3) is 0 Å². The predicted octanol–water partition coefficient (Wildman–Crippen LogP) is 3.23. The maximum atomic E-state index is 11.7. The van der Waals surface area contributed by atoms with Crippen LogP contribution in [0.4, 0.5) is 5.69 Å². The van der Waals surface area contributed by atoms with Crippen molar-refractivity contribution >= 4 is 15.5 Å². The summed E-state index contributed by atoms with van der Waals surface area (Å²) in [6.45, 7) is 9.97. The highest BCUT2D eigenvalue weighted by molar-refractivity contribution is 7.91. The van der Waals surface area contributed by atoms with Gasteiger partial charge < -0.3 is 10.1 Å². The quantitative estimate of drug-likeness (QED) is 0.876. The van der Waals surface area contributed by atoms with E-state index in [2.05, 4.69) is 26.1 Å². The highest BCUT2D eigenvalue weighted by atomic mass is 32.2. The SMILES string of the molecule is CCS(=O)(=O)CC(C)Nc1cc(C(C)(C)C)ccc1OC. The Morgan fingerprint density at radius 2 is 1.90 bits per heavy atom. The third-order valence-corrected chi connectivity index (χ3v) is 5.30. The van der Waals surface area contributed by atoms with Crippen molar-refractivity contribution < 1.29 is 13.2 Å². The molecule has 0 saturated heterocycles. The smallest absolute Gasteiger partial charge is 0.152 e. The van der Waals surface area contributed by atoms with Gasteiger partial charge in [0.2, 0.25) is 0 Å². The molecule has 0 bridgehead atoms. The fourth-order valence-corrected chi connectivity index (χ4v) is 3.17. The van der Waals surface area contributed by atoms with Crippen molar-refractivity contribution in [1.82, 2.24) is 0 Å². The Bertz CT molecular complexity index is 574. The Labute approximate surface area is 128 Å². The van der Waals surface area contributed by atoms with Crippen LogP contribution in [0, 0.1) is 0 Å². The van der Waals surface area contributed by atoms with Crippen molar-refractivity contribution in [2.45, 2.75) is 46.1 Å². The Morgan fingerprint density at radius 3 is 2.38 bits per heavy atom. The first kappa shape index (κ1) is 17.8. The molecule has 5 heteroatoms. The average molecular weight is 313 g/mol. The van der Waals surface area contributed by atoms with Crippen molar-refractivity contribution in [1.29, 1.82) is 0 Å². The molecule has 0 radical (unpaired) electrons. The summed E-state index contributed by atoms with van der Waals surface area (Å²) >= 11 is 0. The highest BCUT2D eigenvalue weighted by Gasteiger charge is 2.18. The maximum absolute atomic E-state index is 11.7. The molecule has 21 heavy (non-hydrogen) atoms. The zero-order valence-electron chi connectivity index (χ0n) is 13.9. The minimum absolute atomic E-state index is 0.0292. The van der Waals surface area contributed by atoms with Crippen molar-refractivity contribution in [3.63, 3.8) is 0 Å². The number of ether oxygens (including phenoxy) is 1. The van der Waals surface area contributed by atoms with Gasteiger partial charge >= 0.3 is 0 Å². The summed E-state index contributed by atoms with van der Waals surface area (Å²) in [5, 5.41) is 3.26. The molecule has 0 amide bonds. The van der Waals surface area contributed by atoms with E-state index in [4.69, 9.17) is 4.74 Å². The lowest BCUT2D eigenvalue weighted by Gasteiger charge is -2.23. The minimum atomic E-state index is -3.00. The number of hydrogen-bond donors (Lipinski definition) is 1. The molecule has 0 aliphatic heterocycles. The summed E-state index contributed by atoms with van der Waals surface area (Å²) in [5.41, 5.74) is 2.04. The number of rotatable bonds is 6. The van der Waals surface area contributed by atoms with E-state index in [0.29, 0.717) is 0 Å². The molecule has 1 rings (SSSR count). The lowest BCUT2D eigenvalue weighted by Crippen LogP contribution is -2.27. The molecule has 0 aliphatic rings. The van der Waals surface area contributed by atoms with Gasteiger partial charge in [-0.1, -0.05) is 33.8 Å². The lowest BCUT2D eigenvalue weighted by molar-refractivity contribution is 0.415. The Morgan fingerprint density at radius 1 is 1.29 bits per heavy atom. The first-order chi connectivity index (χ1) is 9.59. The van der Waals surface area contributed by atoms with Crippen LogP contribution in [0.2, 0.25) is 0 Å². The van der Waals surface area contributed by atoms with Crippen LogP contribution in [0.15, 0.2) is 18.2 Å².